The summed E-state index contributed by atoms with van der Waals surface area (Å²) in [4.78, 5) is 16.0. The van der Waals surface area contributed by atoms with E-state index >= 15 is 0 Å². The van der Waals surface area contributed by atoms with Crippen LogP contribution in [0.1, 0.15) is 21.5 Å². The first-order valence-corrected chi connectivity index (χ1v) is 5.68. The normalized spacial score (nSPS) is 11.2. The third-order valence-electron chi connectivity index (χ3n) is 2.63. The van der Waals surface area contributed by atoms with E-state index in [1.807, 2.05) is 0 Å². The van der Waals surface area contributed by atoms with Crippen molar-refractivity contribution in [3.8, 4) is 5.75 Å². The van der Waals surface area contributed by atoms with Crippen LogP contribution in [-0.4, -0.2) is 17.1 Å². The highest BCUT2D eigenvalue weighted by Crippen LogP contribution is 2.23. The van der Waals surface area contributed by atoms with Crippen LogP contribution in [-0.2, 0) is 0 Å². The zero-order chi connectivity index (χ0) is 14.8. The van der Waals surface area contributed by atoms with Gasteiger partial charge in [-0.25, -0.2) is 0 Å². The first-order valence-electron chi connectivity index (χ1n) is 5.68. The fraction of sp³-hybridized carbons (Fsp3) is 0.143. The van der Waals surface area contributed by atoms with Crippen LogP contribution in [0.15, 0.2) is 42.7 Å². The predicted octanol–water partition coefficient (Wildman–Crippen LogP) is 3.52. The van der Waals surface area contributed by atoms with Crippen molar-refractivity contribution in [1.82, 2.24) is 4.98 Å². The maximum Gasteiger partial charge on any atom is 0.573 e. The van der Waals surface area contributed by atoms with E-state index in [0.717, 1.165) is 17.7 Å². The van der Waals surface area contributed by atoms with Gasteiger partial charge in [0.15, 0.2) is 5.78 Å². The van der Waals surface area contributed by atoms with Crippen molar-refractivity contribution in [2.75, 3.05) is 0 Å². The Balaban J connectivity index is 2.22. The van der Waals surface area contributed by atoms with Gasteiger partial charge >= 0.3 is 6.36 Å². The molecule has 2 aromatic rings. The quantitative estimate of drug-likeness (QED) is 0.808. The number of hydrogen-bond acceptors (Lipinski definition) is 3. The molecule has 0 saturated heterocycles. The van der Waals surface area contributed by atoms with Crippen LogP contribution < -0.4 is 4.74 Å². The molecule has 0 spiro atoms. The summed E-state index contributed by atoms with van der Waals surface area (Å²) in [6.07, 6.45) is -1.75. The molecule has 6 heteroatoms. The van der Waals surface area contributed by atoms with Gasteiger partial charge in [0, 0.05) is 23.5 Å². The Hall–Kier alpha value is -2.37. The molecule has 20 heavy (non-hydrogen) atoms. The number of carbonyl (C=O) groups is 1. The SMILES string of the molecule is Cc1ccncc1C(=O)c1ccc(OC(F)(F)F)cc1. The molecule has 1 heterocycles. The average Bonchev–Trinajstić information content (AvgIpc) is 2.37. The van der Waals surface area contributed by atoms with Gasteiger partial charge in [-0.1, -0.05) is 0 Å². The highest BCUT2D eigenvalue weighted by atomic mass is 19.4. The number of halogens is 3. The minimum absolute atomic E-state index is 0.274. The van der Waals surface area contributed by atoms with Crippen LogP contribution in [0.4, 0.5) is 13.2 Å². The van der Waals surface area contributed by atoms with Crippen molar-refractivity contribution in [2.45, 2.75) is 13.3 Å². The van der Waals surface area contributed by atoms with Crippen LogP contribution in [0.25, 0.3) is 0 Å². The van der Waals surface area contributed by atoms with Gasteiger partial charge < -0.3 is 4.74 Å². The lowest BCUT2D eigenvalue weighted by Crippen LogP contribution is -2.17. The van der Waals surface area contributed by atoms with Gasteiger partial charge in [0.05, 0.1) is 0 Å². The Bertz CT molecular complexity index is 621. The first-order chi connectivity index (χ1) is 9.37. The Kier molecular flexibility index (Phi) is 3.74. The summed E-state index contributed by atoms with van der Waals surface area (Å²) in [5, 5.41) is 0. The fourth-order valence-corrected chi connectivity index (χ4v) is 1.67. The number of nitrogens with zero attached hydrogens (tertiary/aromatic N) is 1. The molecular formula is C14H10F3NO2. The standard InChI is InChI=1S/C14H10F3NO2/c1-9-6-7-18-8-12(9)13(19)10-2-4-11(5-3-10)20-14(15,16)17/h2-8H,1H3. The summed E-state index contributed by atoms with van der Waals surface area (Å²) in [5.74, 6) is -0.661. The van der Waals surface area contributed by atoms with Gasteiger partial charge in [-0.3, -0.25) is 9.78 Å². The zero-order valence-electron chi connectivity index (χ0n) is 10.4. The molecule has 0 aliphatic carbocycles. The number of rotatable bonds is 3. The second kappa shape index (κ2) is 5.32. The van der Waals surface area contributed by atoms with Crippen molar-refractivity contribution in [2.24, 2.45) is 0 Å². The predicted molar refractivity (Wildman–Crippen MR) is 65.5 cm³/mol. The molecule has 0 bridgehead atoms. The average molecular weight is 281 g/mol. The maximum atomic E-state index is 12.2. The highest BCUT2D eigenvalue weighted by Gasteiger charge is 2.31. The first kappa shape index (κ1) is 14.0. The zero-order valence-corrected chi connectivity index (χ0v) is 10.4. The van der Waals surface area contributed by atoms with Gasteiger partial charge in [0.25, 0.3) is 0 Å². The Morgan fingerprint density at radius 2 is 1.80 bits per heavy atom. The Morgan fingerprint density at radius 1 is 1.15 bits per heavy atom. The maximum absolute atomic E-state index is 12.2. The number of ketones is 1. The van der Waals surface area contributed by atoms with Gasteiger partial charge in [0.1, 0.15) is 5.75 Å². The number of alkyl halides is 3. The molecule has 0 saturated carbocycles. The molecule has 0 atom stereocenters. The van der Waals surface area contributed by atoms with Crippen molar-refractivity contribution >= 4 is 5.78 Å². The molecule has 0 amide bonds. The number of aromatic nitrogens is 1. The van der Waals surface area contributed by atoms with E-state index in [2.05, 4.69) is 9.72 Å². The highest BCUT2D eigenvalue weighted by molar-refractivity contribution is 6.09. The summed E-state index contributed by atoms with van der Waals surface area (Å²) in [6, 6.07) is 6.47. The lowest BCUT2D eigenvalue weighted by atomic mass is 10.0. The summed E-state index contributed by atoms with van der Waals surface area (Å²) in [7, 11) is 0. The van der Waals surface area contributed by atoms with Crippen molar-refractivity contribution in [1.29, 1.82) is 0 Å². The molecule has 0 fully saturated rings. The van der Waals surface area contributed by atoms with Crippen molar-refractivity contribution in [3.63, 3.8) is 0 Å². The van der Waals surface area contributed by atoms with Crippen LogP contribution in [0.2, 0.25) is 0 Å². The van der Waals surface area contributed by atoms with Gasteiger partial charge in [0.2, 0.25) is 0 Å². The number of pyridine rings is 1. The molecule has 2 rings (SSSR count). The number of ether oxygens (including phenoxy) is 1. The Morgan fingerprint density at radius 3 is 2.35 bits per heavy atom. The van der Waals surface area contributed by atoms with E-state index in [9.17, 15) is 18.0 Å². The second-order valence-corrected chi connectivity index (χ2v) is 4.09. The monoisotopic (exact) mass is 281 g/mol. The van der Waals surface area contributed by atoms with E-state index < -0.39 is 6.36 Å². The molecular weight excluding hydrogens is 271 g/mol. The van der Waals surface area contributed by atoms with Gasteiger partial charge in [-0.2, -0.15) is 0 Å². The third-order valence-corrected chi connectivity index (χ3v) is 2.63. The molecule has 3 nitrogen and oxygen atoms in total. The minimum atomic E-state index is -4.74. The Labute approximate surface area is 113 Å². The largest absolute Gasteiger partial charge is 0.573 e. The number of carbonyl (C=O) groups excluding carboxylic acids is 1. The number of hydrogen-bond donors (Lipinski definition) is 0. The van der Waals surface area contributed by atoms with Crippen molar-refractivity contribution in [3.05, 3.63) is 59.4 Å². The summed E-state index contributed by atoms with van der Waals surface area (Å²) in [6.45, 7) is 1.76. The van der Waals surface area contributed by atoms with Crippen molar-refractivity contribution < 1.29 is 22.7 Å². The minimum Gasteiger partial charge on any atom is -0.406 e. The molecule has 1 aromatic carbocycles. The van der Waals surface area contributed by atoms with E-state index in [1.54, 1.807) is 19.2 Å². The van der Waals surface area contributed by atoms with E-state index in [0.29, 0.717) is 5.56 Å². The third kappa shape index (κ3) is 3.34. The fourth-order valence-electron chi connectivity index (χ4n) is 1.67. The van der Waals surface area contributed by atoms with Crippen LogP contribution in [0.3, 0.4) is 0 Å². The molecule has 0 aliphatic heterocycles. The van der Waals surface area contributed by atoms with E-state index in [1.165, 1.54) is 18.3 Å². The summed E-state index contributed by atoms with van der Waals surface area (Å²) < 4.78 is 39.8. The molecule has 0 radical (unpaired) electrons. The molecule has 104 valence electrons. The summed E-state index contributed by atoms with van der Waals surface area (Å²) in [5.41, 5.74) is 1.44. The van der Waals surface area contributed by atoms with Crippen LogP contribution >= 0.6 is 0 Å². The van der Waals surface area contributed by atoms with E-state index in [-0.39, 0.29) is 17.1 Å². The van der Waals surface area contributed by atoms with Gasteiger partial charge in [-0.05, 0) is 42.8 Å². The summed E-state index contributed by atoms with van der Waals surface area (Å²) >= 11 is 0. The van der Waals surface area contributed by atoms with Crippen LogP contribution in [0, 0.1) is 6.92 Å². The molecule has 0 aliphatic rings. The topological polar surface area (TPSA) is 39.2 Å². The van der Waals surface area contributed by atoms with Gasteiger partial charge in [-0.15, -0.1) is 13.2 Å². The lowest BCUT2D eigenvalue weighted by molar-refractivity contribution is -0.274. The second-order valence-electron chi connectivity index (χ2n) is 4.09. The molecule has 1 aromatic heterocycles. The molecule has 0 N–H and O–H groups in total. The number of aryl methyl sites for hydroxylation is 1. The smallest absolute Gasteiger partial charge is 0.406 e. The molecule has 0 unspecified atom stereocenters. The number of benzene rings is 1. The van der Waals surface area contributed by atoms with E-state index in [4.69, 9.17) is 0 Å². The lowest BCUT2D eigenvalue weighted by Gasteiger charge is -2.09. The van der Waals surface area contributed by atoms with Crippen LogP contribution in [0.5, 0.6) is 5.75 Å².